The molecule has 3 aromatic rings. The number of hydrogen-bond donors (Lipinski definition) is 2. The zero-order chi connectivity index (χ0) is 21.3. The molecule has 3 N–H and O–H groups in total. The maximum absolute atomic E-state index is 12.7. The summed E-state index contributed by atoms with van der Waals surface area (Å²) in [6.07, 6.45) is 0. The molecular weight excluding hydrogens is 386 g/mol. The Bertz CT molecular complexity index is 919. The number of ether oxygens (including phenoxy) is 1. The highest BCUT2D eigenvalue weighted by Gasteiger charge is 2.19. The largest absolute Gasteiger partial charge is 0.435 e. The number of carbonyl (C=O) groups excluding carboxylic acids is 1. The number of quaternary nitrogens is 1. The van der Waals surface area contributed by atoms with E-state index < -0.39 is 6.61 Å². The van der Waals surface area contributed by atoms with Gasteiger partial charge in [0.2, 0.25) is 0 Å². The van der Waals surface area contributed by atoms with Gasteiger partial charge in [0.05, 0.1) is 6.04 Å². The first kappa shape index (κ1) is 21.5. The number of nitrogens with one attached hydrogen (secondary N) is 1. The fourth-order valence-electron chi connectivity index (χ4n) is 3.24. The van der Waals surface area contributed by atoms with Crippen LogP contribution < -0.4 is 15.4 Å². The van der Waals surface area contributed by atoms with Gasteiger partial charge in [0.25, 0.3) is 5.91 Å². The van der Waals surface area contributed by atoms with E-state index >= 15 is 0 Å². The summed E-state index contributed by atoms with van der Waals surface area (Å²) in [4.78, 5) is 12.7. The van der Waals surface area contributed by atoms with Crippen molar-refractivity contribution in [1.82, 2.24) is 5.32 Å². The lowest BCUT2D eigenvalue weighted by Crippen LogP contribution is -2.87. The molecule has 4 nitrogen and oxygen atoms in total. The number of benzene rings is 3. The molecule has 1 amide bonds. The van der Waals surface area contributed by atoms with E-state index in [1.807, 2.05) is 66.0 Å². The molecule has 0 unspecified atom stereocenters. The molecule has 3 aromatic carbocycles. The normalized spacial score (nSPS) is 12.9. The fraction of sp³-hybridized carbons (Fsp3) is 0.208. The zero-order valence-corrected chi connectivity index (χ0v) is 16.7. The predicted octanol–water partition coefficient (Wildman–Crippen LogP) is 3.82. The van der Waals surface area contributed by atoms with E-state index in [2.05, 4.69) is 17.0 Å². The second kappa shape index (κ2) is 10.5. The third-order valence-corrected chi connectivity index (χ3v) is 4.86. The van der Waals surface area contributed by atoms with Gasteiger partial charge in [0, 0.05) is 5.56 Å². The number of carbonyl (C=O) groups is 1. The SMILES string of the molecule is C[C@@H]([NH2+]CC(=O)N[C@@H](c1ccccc1)c1ccc(OC(F)F)cc1)c1ccccc1. The quantitative estimate of drug-likeness (QED) is 0.563. The maximum atomic E-state index is 12.7. The van der Waals surface area contributed by atoms with Crippen LogP contribution in [-0.4, -0.2) is 19.1 Å². The van der Waals surface area contributed by atoms with E-state index in [0.29, 0.717) is 0 Å². The van der Waals surface area contributed by atoms with Crippen molar-refractivity contribution >= 4 is 5.91 Å². The molecule has 0 saturated carbocycles. The minimum Gasteiger partial charge on any atom is -0.435 e. The first-order valence-corrected chi connectivity index (χ1v) is 9.80. The van der Waals surface area contributed by atoms with E-state index in [0.717, 1.165) is 16.7 Å². The third-order valence-electron chi connectivity index (χ3n) is 4.86. The molecule has 3 rings (SSSR count). The number of halogens is 2. The Labute approximate surface area is 174 Å². The molecule has 0 aliphatic heterocycles. The van der Waals surface area contributed by atoms with Crippen molar-refractivity contribution in [3.8, 4) is 5.75 Å². The molecule has 0 aliphatic rings. The van der Waals surface area contributed by atoms with Crippen molar-refractivity contribution in [3.63, 3.8) is 0 Å². The predicted molar refractivity (Wildman–Crippen MR) is 111 cm³/mol. The van der Waals surface area contributed by atoms with E-state index in [-0.39, 0.29) is 30.3 Å². The molecule has 0 bridgehead atoms. The summed E-state index contributed by atoms with van der Waals surface area (Å²) < 4.78 is 29.2. The first-order chi connectivity index (χ1) is 14.5. The average Bonchev–Trinajstić information content (AvgIpc) is 2.77. The fourth-order valence-corrected chi connectivity index (χ4v) is 3.24. The van der Waals surface area contributed by atoms with Gasteiger partial charge in [0.1, 0.15) is 11.8 Å². The van der Waals surface area contributed by atoms with Gasteiger partial charge in [-0.3, -0.25) is 4.79 Å². The number of rotatable bonds is 9. The number of amides is 1. The molecule has 0 saturated heterocycles. The van der Waals surface area contributed by atoms with E-state index in [9.17, 15) is 13.6 Å². The van der Waals surface area contributed by atoms with Crippen LogP contribution in [0.2, 0.25) is 0 Å². The van der Waals surface area contributed by atoms with Gasteiger partial charge in [-0.25, -0.2) is 0 Å². The van der Waals surface area contributed by atoms with Gasteiger partial charge in [-0.15, -0.1) is 0 Å². The van der Waals surface area contributed by atoms with Crippen LogP contribution in [0, 0.1) is 0 Å². The molecular formula is C24H25F2N2O2+. The van der Waals surface area contributed by atoms with Crippen molar-refractivity contribution in [2.75, 3.05) is 6.54 Å². The minimum absolute atomic E-state index is 0.0805. The highest BCUT2D eigenvalue weighted by atomic mass is 19.3. The lowest BCUT2D eigenvalue weighted by molar-refractivity contribution is -0.682. The number of hydrogen-bond acceptors (Lipinski definition) is 2. The van der Waals surface area contributed by atoms with Crippen LogP contribution in [0.1, 0.15) is 35.7 Å². The highest BCUT2D eigenvalue weighted by Crippen LogP contribution is 2.24. The van der Waals surface area contributed by atoms with Crippen LogP contribution in [0.5, 0.6) is 5.75 Å². The van der Waals surface area contributed by atoms with Crippen LogP contribution in [-0.2, 0) is 4.79 Å². The van der Waals surface area contributed by atoms with E-state index in [1.165, 1.54) is 12.1 Å². The van der Waals surface area contributed by atoms with Gasteiger partial charge >= 0.3 is 6.61 Å². The molecule has 0 aliphatic carbocycles. The molecule has 6 heteroatoms. The molecule has 0 fully saturated rings. The summed E-state index contributed by atoms with van der Waals surface area (Å²) in [5.41, 5.74) is 2.84. The second-order valence-electron chi connectivity index (χ2n) is 7.00. The number of alkyl halides is 2. The first-order valence-electron chi connectivity index (χ1n) is 9.80. The summed E-state index contributed by atoms with van der Waals surface area (Å²) in [6, 6.07) is 25.6. The van der Waals surface area contributed by atoms with Crippen LogP contribution in [0.3, 0.4) is 0 Å². The Hall–Kier alpha value is -3.25. The van der Waals surface area contributed by atoms with Crippen molar-refractivity contribution in [2.24, 2.45) is 0 Å². The Morgan fingerprint density at radius 3 is 1.97 bits per heavy atom. The molecule has 0 heterocycles. The monoisotopic (exact) mass is 411 g/mol. The van der Waals surface area contributed by atoms with Crippen LogP contribution >= 0.6 is 0 Å². The Morgan fingerprint density at radius 2 is 1.40 bits per heavy atom. The van der Waals surface area contributed by atoms with Gasteiger partial charge < -0.3 is 15.4 Å². The molecule has 0 spiro atoms. The summed E-state index contributed by atoms with van der Waals surface area (Å²) in [5.74, 6) is -0.0311. The Kier molecular flexibility index (Phi) is 7.51. The Morgan fingerprint density at radius 1 is 0.867 bits per heavy atom. The van der Waals surface area contributed by atoms with Crippen molar-refractivity contribution in [3.05, 3.63) is 102 Å². The summed E-state index contributed by atoms with van der Waals surface area (Å²) in [7, 11) is 0. The lowest BCUT2D eigenvalue weighted by atomic mass is 9.98. The smallest absolute Gasteiger partial charge is 0.387 e. The van der Waals surface area contributed by atoms with Gasteiger partial charge in [0.15, 0.2) is 6.54 Å². The standard InChI is InChI=1S/C24H24F2N2O2/c1-17(18-8-4-2-5-9-18)27-16-22(29)28-23(19-10-6-3-7-11-19)20-12-14-21(15-13-20)30-24(25)26/h2-15,17,23-24,27H,16H2,1H3,(H,28,29)/p+1/t17-,23+/m1/s1. The summed E-state index contributed by atoms with van der Waals surface area (Å²) in [5, 5.41) is 5.04. The average molecular weight is 411 g/mol. The van der Waals surface area contributed by atoms with Crippen LogP contribution in [0.15, 0.2) is 84.9 Å². The second-order valence-corrected chi connectivity index (χ2v) is 7.00. The van der Waals surface area contributed by atoms with Gasteiger partial charge in [-0.2, -0.15) is 8.78 Å². The van der Waals surface area contributed by atoms with Crippen LogP contribution in [0.25, 0.3) is 0 Å². The lowest BCUT2D eigenvalue weighted by Gasteiger charge is -2.20. The highest BCUT2D eigenvalue weighted by molar-refractivity contribution is 5.77. The molecule has 156 valence electrons. The summed E-state index contributed by atoms with van der Waals surface area (Å²) in [6.45, 7) is -0.548. The third kappa shape index (κ3) is 6.12. The van der Waals surface area contributed by atoms with Crippen molar-refractivity contribution < 1.29 is 23.6 Å². The van der Waals surface area contributed by atoms with Crippen molar-refractivity contribution in [1.29, 1.82) is 0 Å². The van der Waals surface area contributed by atoms with Gasteiger partial charge in [-0.05, 0) is 30.2 Å². The number of nitrogens with two attached hydrogens (primary N) is 1. The van der Waals surface area contributed by atoms with Gasteiger partial charge in [-0.1, -0.05) is 72.8 Å². The van der Waals surface area contributed by atoms with Crippen LogP contribution in [0.4, 0.5) is 8.78 Å². The topological polar surface area (TPSA) is 54.9 Å². The van der Waals surface area contributed by atoms with E-state index in [1.54, 1.807) is 12.1 Å². The van der Waals surface area contributed by atoms with E-state index in [4.69, 9.17) is 0 Å². The maximum Gasteiger partial charge on any atom is 0.387 e. The zero-order valence-electron chi connectivity index (χ0n) is 16.7. The Balaban J connectivity index is 1.69. The molecule has 0 radical (unpaired) electrons. The summed E-state index contributed by atoms with van der Waals surface area (Å²) >= 11 is 0. The van der Waals surface area contributed by atoms with Crippen molar-refractivity contribution in [2.45, 2.75) is 25.6 Å². The molecule has 0 aromatic heterocycles. The minimum atomic E-state index is -2.87. The molecule has 2 atom stereocenters. The molecule has 30 heavy (non-hydrogen) atoms.